The number of methoxy groups -OCH3 is 4. The molecule has 1 saturated heterocycles. The number of carbonyl (C=O) groups excluding carboxylic acids is 1. The van der Waals surface area contributed by atoms with Crippen LogP contribution in [0.1, 0.15) is 44.2 Å². The average Bonchev–Trinajstić information content (AvgIpc) is 3.20. The van der Waals surface area contributed by atoms with E-state index in [9.17, 15) is 4.79 Å². The largest absolute Gasteiger partial charge is 0.494 e. The van der Waals surface area contributed by atoms with E-state index in [2.05, 4.69) is 19.9 Å². The van der Waals surface area contributed by atoms with Gasteiger partial charge in [-0.1, -0.05) is 42.5 Å². The number of hydrogen-bond donors (Lipinski definition) is 0. The lowest BCUT2D eigenvalue weighted by Crippen LogP contribution is -2.52. The summed E-state index contributed by atoms with van der Waals surface area (Å²) in [6, 6.07) is 18.3. The van der Waals surface area contributed by atoms with Gasteiger partial charge in [0.15, 0.2) is 11.5 Å². The Morgan fingerprint density at radius 2 is 1.29 bits per heavy atom. The molecule has 1 aliphatic rings. The molecule has 2 aromatic carbocycles. The second-order valence-electron chi connectivity index (χ2n) is 13.8. The van der Waals surface area contributed by atoms with E-state index < -0.39 is 11.7 Å². The third kappa shape index (κ3) is 11.7. The third-order valence-corrected chi connectivity index (χ3v) is 8.74. The van der Waals surface area contributed by atoms with Crippen LogP contribution in [0.2, 0.25) is 0 Å². The summed E-state index contributed by atoms with van der Waals surface area (Å²) < 4.78 is 51.4. The first-order valence-corrected chi connectivity index (χ1v) is 18.1. The molecule has 0 aliphatic carbocycles. The van der Waals surface area contributed by atoms with Gasteiger partial charge in [0.25, 0.3) is 11.8 Å². The smallest absolute Gasteiger partial charge is 0.410 e. The molecule has 1 fully saturated rings. The fraction of sp³-hybridized carbons (Fsp3) is 0.475. The fourth-order valence-corrected chi connectivity index (χ4v) is 6.24. The summed E-state index contributed by atoms with van der Waals surface area (Å²) in [6.45, 7) is 8.14. The van der Waals surface area contributed by atoms with Gasteiger partial charge in [0.1, 0.15) is 11.4 Å². The highest BCUT2D eigenvalue weighted by atomic mass is 16.6. The Hall–Kier alpha value is -5.57. The summed E-state index contributed by atoms with van der Waals surface area (Å²) >= 11 is 0. The molecular weight excluding hydrogens is 710 g/mol. The van der Waals surface area contributed by atoms with Crippen molar-refractivity contribution in [2.24, 2.45) is 11.8 Å². The van der Waals surface area contributed by atoms with Crippen LogP contribution in [0.3, 0.4) is 0 Å². The van der Waals surface area contributed by atoms with E-state index in [1.807, 2.05) is 75.4 Å². The highest BCUT2D eigenvalue weighted by Crippen LogP contribution is 2.40. The lowest BCUT2D eigenvalue weighted by atomic mass is 9.74. The highest BCUT2D eigenvalue weighted by Gasteiger charge is 2.42. The maximum absolute atomic E-state index is 13.6. The standard InChI is InChI=1S/C40H51N5O10/c1-40(2,3)55-39(46)45-22-29(25-53-37-41-20-32(47-4)35(43-37)49-6)34(30(23-45)26-54-38-42-21-33(48-5)36(44-38)50-7)28-14-16-31(17-15-28)52-19-11-18-51-24-27-12-9-8-10-13-27/h8-10,12-17,20-21,29-30,34H,11,18-19,22-26H2,1-7H3/t29-,30+,34?. The minimum Gasteiger partial charge on any atom is -0.494 e. The number of piperidine rings is 1. The summed E-state index contributed by atoms with van der Waals surface area (Å²) in [6.07, 6.45) is 3.27. The highest BCUT2D eigenvalue weighted by molar-refractivity contribution is 5.68. The first-order chi connectivity index (χ1) is 26.6. The van der Waals surface area contributed by atoms with Gasteiger partial charge in [-0.05, 0) is 49.9 Å². The predicted octanol–water partition coefficient (Wildman–Crippen LogP) is 6.01. The van der Waals surface area contributed by atoms with E-state index in [1.54, 1.807) is 4.90 Å². The van der Waals surface area contributed by atoms with Crippen LogP contribution in [0, 0.1) is 11.8 Å². The van der Waals surface area contributed by atoms with E-state index in [0.717, 1.165) is 23.3 Å². The van der Waals surface area contributed by atoms with Crippen molar-refractivity contribution in [1.29, 1.82) is 0 Å². The van der Waals surface area contributed by atoms with Crippen molar-refractivity contribution in [1.82, 2.24) is 24.8 Å². The number of ether oxygens (including phenoxy) is 9. The number of nitrogens with zero attached hydrogens (tertiary/aromatic N) is 5. The van der Waals surface area contributed by atoms with Gasteiger partial charge in [-0.3, -0.25) is 0 Å². The number of carbonyl (C=O) groups is 1. The Balaban J connectivity index is 1.36. The molecule has 1 aliphatic heterocycles. The molecule has 0 radical (unpaired) electrons. The zero-order valence-corrected chi connectivity index (χ0v) is 32.6. The molecule has 5 rings (SSSR count). The molecule has 0 N–H and O–H groups in total. The molecule has 1 amide bonds. The molecule has 0 bridgehead atoms. The topological polar surface area (TPSA) is 155 Å². The minimum atomic E-state index is -0.698. The van der Waals surface area contributed by atoms with E-state index in [-0.39, 0.29) is 54.7 Å². The van der Waals surface area contributed by atoms with E-state index in [1.165, 1.54) is 40.8 Å². The normalized spacial score (nSPS) is 16.9. The van der Waals surface area contributed by atoms with Crippen molar-refractivity contribution in [3.05, 3.63) is 78.1 Å². The molecular formula is C40H51N5O10. The molecule has 296 valence electrons. The van der Waals surface area contributed by atoms with Gasteiger partial charge >= 0.3 is 18.1 Å². The van der Waals surface area contributed by atoms with Crippen LogP contribution >= 0.6 is 0 Å². The molecule has 3 atom stereocenters. The van der Waals surface area contributed by atoms with Crippen molar-refractivity contribution in [3.8, 4) is 41.0 Å². The quantitative estimate of drug-likeness (QED) is 0.109. The summed E-state index contributed by atoms with van der Waals surface area (Å²) in [5.41, 5.74) is 1.44. The maximum Gasteiger partial charge on any atom is 0.410 e. The first kappa shape index (κ1) is 40.6. The van der Waals surface area contributed by atoms with Gasteiger partial charge in [-0.2, -0.15) is 19.9 Å². The predicted molar refractivity (Wildman–Crippen MR) is 201 cm³/mol. The Labute approximate surface area is 322 Å². The van der Waals surface area contributed by atoms with Crippen molar-refractivity contribution < 1.29 is 47.4 Å². The van der Waals surface area contributed by atoms with Crippen LogP contribution in [-0.4, -0.2) is 104 Å². The molecule has 2 aromatic heterocycles. The SMILES string of the molecule is COc1cnc(OC[C@@H]2CN(C(=O)OC(C)(C)C)C[C@H](COc3ncc(OC)c(OC)n3)C2c2ccc(OCCCOCc3ccccc3)cc2)nc1OC. The fourth-order valence-electron chi connectivity index (χ4n) is 6.24. The number of likely N-dealkylation sites (tertiary alicyclic amines) is 1. The second kappa shape index (κ2) is 19.7. The lowest BCUT2D eigenvalue weighted by molar-refractivity contribution is -0.00540. The van der Waals surface area contributed by atoms with Crippen molar-refractivity contribution in [2.75, 3.05) is 68.0 Å². The van der Waals surface area contributed by atoms with E-state index in [0.29, 0.717) is 44.4 Å². The second-order valence-corrected chi connectivity index (χ2v) is 13.8. The van der Waals surface area contributed by atoms with Gasteiger partial charge in [0.05, 0.1) is 73.9 Å². The Morgan fingerprint density at radius 3 is 1.80 bits per heavy atom. The van der Waals surface area contributed by atoms with Crippen molar-refractivity contribution in [3.63, 3.8) is 0 Å². The van der Waals surface area contributed by atoms with Gasteiger partial charge in [-0.15, -0.1) is 0 Å². The number of rotatable bonds is 18. The lowest BCUT2D eigenvalue weighted by Gasteiger charge is -2.43. The zero-order valence-electron chi connectivity index (χ0n) is 32.6. The molecule has 4 aromatic rings. The Kier molecular flexibility index (Phi) is 14.5. The van der Waals surface area contributed by atoms with Gasteiger partial charge in [-0.25, -0.2) is 4.79 Å². The van der Waals surface area contributed by atoms with E-state index in [4.69, 9.17) is 42.6 Å². The molecule has 1 unspecified atom stereocenters. The summed E-state index contributed by atoms with van der Waals surface area (Å²) in [7, 11) is 5.99. The Bertz CT molecular complexity index is 1720. The van der Waals surface area contributed by atoms with Crippen LogP contribution in [0.5, 0.6) is 41.0 Å². The molecule has 0 saturated carbocycles. The molecule has 15 nitrogen and oxygen atoms in total. The Morgan fingerprint density at radius 1 is 0.727 bits per heavy atom. The number of amides is 1. The summed E-state index contributed by atoms with van der Waals surface area (Å²) in [5, 5.41) is 0. The molecule has 0 spiro atoms. The molecule has 55 heavy (non-hydrogen) atoms. The minimum absolute atomic E-state index is 0.105. The first-order valence-electron chi connectivity index (χ1n) is 18.1. The van der Waals surface area contributed by atoms with Gasteiger partial charge in [0.2, 0.25) is 0 Å². The van der Waals surface area contributed by atoms with Crippen LogP contribution in [0.25, 0.3) is 0 Å². The van der Waals surface area contributed by atoms with Gasteiger partial charge < -0.3 is 47.5 Å². The van der Waals surface area contributed by atoms with E-state index >= 15 is 0 Å². The monoisotopic (exact) mass is 761 g/mol. The van der Waals surface area contributed by atoms with Crippen LogP contribution in [-0.2, 0) is 16.1 Å². The molecule has 3 heterocycles. The third-order valence-electron chi connectivity index (χ3n) is 8.74. The zero-order chi connectivity index (χ0) is 39.2. The van der Waals surface area contributed by atoms with Gasteiger partial charge in [0, 0.05) is 31.3 Å². The number of hydrogen-bond acceptors (Lipinski definition) is 14. The maximum atomic E-state index is 13.6. The summed E-state index contributed by atoms with van der Waals surface area (Å²) in [4.78, 5) is 32.6. The number of benzene rings is 2. The van der Waals surface area contributed by atoms with Crippen molar-refractivity contribution in [2.45, 2.75) is 45.3 Å². The van der Waals surface area contributed by atoms with Crippen LogP contribution < -0.4 is 33.2 Å². The average molecular weight is 762 g/mol. The molecule has 15 heteroatoms. The van der Waals surface area contributed by atoms with Crippen molar-refractivity contribution >= 4 is 6.09 Å². The van der Waals surface area contributed by atoms with Crippen LogP contribution in [0.4, 0.5) is 4.79 Å². The number of aromatic nitrogens is 4. The van der Waals surface area contributed by atoms with Crippen LogP contribution in [0.15, 0.2) is 67.0 Å². The summed E-state index contributed by atoms with van der Waals surface area (Å²) in [5.74, 6) is 1.27.